The van der Waals surface area contributed by atoms with Crippen LogP contribution in [0.3, 0.4) is 0 Å². The van der Waals surface area contributed by atoms with Crippen LogP contribution in [0.4, 0.5) is 0 Å². The summed E-state index contributed by atoms with van der Waals surface area (Å²) in [5, 5.41) is 0. The second-order valence-corrected chi connectivity index (χ2v) is 41.7. The zero-order chi connectivity index (χ0) is 37.4. The van der Waals surface area contributed by atoms with Crippen LogP contribution in [0.5, 0.6) is 0 Å². The van der Waals surface area contributed by atoms with Gasteiger partial charge in [-0.05, 0) is 0 Å². The van der Waals surface area contributed by atoms with Crippen LogP contribution in [0.15, 0.2) is 0 Å². The van der Waals surface area contributed by atoms with Crippen LogP contribution < -0.4 is 0 Å². The Morgan fingerprint density at radius 3 is 0.863 bits per heavy atom. The summed E-state index contributed by atoms with van der Waals surface area (Å²) in [6.07, 6.45) is 41.2. The summed E-state index contributed by atoms with van der Waals surface area (Å²) < 4.78 is 14.0. The molecule has 0 aromatic rings. The van der Waals surface area contributed by atoms with Gasteiger partial charge in [-0.15, -0.1) is 0 Å². The van der Waals surface area contributed by atoms with Gasteiger partial charge in [0, 0.05) is 0 Å². The fourth-order valence-corrected chi connectivity index (χ4v) is 33.7. The van der Waals surface area contributed by atoms with Crippen LogP contribution in [-0.2, 0) is 19.1 Å². The summed E-state index contributed by atoms with van der Waals surface area (Å²) >= 11 is -2.94. The van der Waals surface area contributed by atoms with Crippen molar-refractivity contribution in [3.8, 4) is 0 Å². The molecule has 0 amide bonds. The molecule has 0 aromatic carbocycles. The van der Waals surface area contributed by atoms with Gasteiger partial charge in [-0.3, -0.25) is 0 Å². The molecule has 0 fully saturated rings. The molecular weight excluding hydrogens is 775 g/mol. The van der Waals surface area contributed by atoms with E-state index < -0.39 is 15.6 Å². The summed E-state index contributed by atoms with van der Waals surface area (Å²) in [6.45, 7) is 10.2. The Kier molecular flexibility index (Phi) is 42.0. The zero-order valence-electron chi connectivity index (χ0n) is 34.8. The van der Waals surface area contributed by atoms with Gasteiger partial charge >= 0.3 is 279 Å². The smallest absolute Gasteiger partial charge is 0.0654 e. The molecule has 0 rings (SSSR count). The quantitative estimate of drug-likeness (QED) is 0.0346. The molecular formula is C44H88O4S2Sn. The van der Waals surface area contributed by atoms with E-state index in [1.54, 1.807) is 0 Å². The number of carbonyl (C=O) groups is 2. The van der Waals surface area contributed by atoms with Crippen molar-refractivity contribution >= 4 is 45.4 Å². The third-order valence-corrected chi connectivity index (χ3v) is 40.1. The third-order valence-electron chi connectivity index (χ3n) is 10.3. The number of ether oxygens (including phenoxy) is 2. The molecule has 0 saturated carbocycles. The molecule has 304 valence electrons. The molecule has 7 heteroatoms. The number of unbranched alkanes of at least 4 members (excludes halogenated alkanes) is 28. The minimum atomic E-state index is -2.94. The minimum absolute atomic E-state index is 0.0352. The summed E-state index contributed by atoms with van der Waals surface area (Å²) in [6, 6.07) is 0. The molecule has 0 aliphatic heterocycles. The van der Waals surface area contributed by atoms with Gasteiger partial charge in [-0.2, -0.15) is 0 Å². The number of rotatable bonds is 42. The maximum atomic E-state index is 13.0. The predicted octanol–water partition coefficient (Wildman–Crippen LogP) is 15.5. The summed E-state index contributed by atoms with van der Waals surface area (Å²) in [7, 11) is 3.95. The molecule has 0 N–H and O–H groups in total. The molecule has 0 radical (unpaired) electrons. The van der Waals surface area contributed by atoms with Crippen molar-refractivity contribution in [2.45, 2.75) is 242 Å². The van der Waals surface area contributed by atoms with E-state index in [2.05, 4.69) is 27.7 Å². The third kappa shape index (κ3) is 37.2. The fourth-order valence-electron chi connectivity index (χ4n) is 6.82. The second-order valence-electron chi connectivity index (χ2n) is 15.3. The first-order valence-electron chi connectivity index (χ1n) is 22.6. The molecule has 0 atom stereocenters. The predicted molar refractivity (Wildman–Crippen MR) is 233 cm³/mol. The van der Waals surface area contributed by atoms with Crippen molar-refractivity contribution in [3.05, 3.63) is 0 Å². The molecule has 51 heavy (non-hydrogen) atoms. The van der Waals surface area contributed by atoms with E-state index in [9.17, 15) is 9.59 Å². The van der Waals surface area contributed by atoms with Crippen molar-refractivity contribution in [3.63, 3.8) is 0 Å². The van der Waals surface area contributed by atoms with E-state index in [1.165, 1.54) is 189 Å². The van der Waals surface area contributed by atoms with Gasteiger partial charge in [0.05, 0.1) is 0 Å². The first kappa shape index (κ1) is 51.4. The molecule has 0 bridgehead atoms. The van der Waals surface area contributed by atoms with Gasteiger partial charge in [0.25, 0.3) is 0 Å². The first-order valence-corrected chi connectivity index (χ1v) is 35.6. The average Bonchev–Trinajstić information content (AvgIpc) is 3.13. The van der Waals surface area contributed by atoms with E-state index >= 15 is 0 Å². The van der Waals surface area contributed by atoms with Gasteiger partial charge in [0.2, 0.25) is 0 Å². The van der Waals surface area contributed by atoms with Crippen LogP contribution in [-0.4, -0.2) is 52.3 Å². The van der Waals surface area contributed by atoms with Crippen LogP contribution in [0.25, 0.3) is 0 Å². The SMILES string of the molecule is CCCCCCCCCCCCOC(=O)C[S][Sn]([CH2]CCCCCCC)([CH2]CCCCCCC)[S]CC(=O)OCCCCCCCCCCCC. The standard InChI is InChI=1S/2C14H28O2S.2C8H17.Sn/c2*1-2-3-4-5-6-7-8-9-10-11-12-16-14(15)13-17;2*1-3-5-7-8-6-4-2;/h2*17H,2-13H2,1H3;2*1,3-8H2,2H3;/q;;;;+2/p-2. The van der Waals surface area contributed by atoms with Crippen LogP contribution in [0.1, 0.15) is 233 Å². The van der Waals surface area contributed by atoms with Gasteiger partial charge in [-0.25, -0.2) is 0 Å². The van der Waals surface area contributed by atoms with Crippen molar-refractivity contribution in [2.24, 2.45) is 0 Å². The number of hydrogen-bond acceptors (Lipinski definition) is 6. The first-order chi connectivity index (χ1) is 25.0. The van der Waals surface area contributed by atoms with Gasteiger partial charge in [0.1, 0.15) is 0 Å². The number of esters is 2. The molecule has 0 saturated heterocycles. The second kappa shape index (κ2) is 41.6. The van der Waals surface area contributed by atoms with E-state index in [0.29, 0.717) is 24.7 Å². The molecule has 0 aliphatic rings. The molecule has 0 spiro atoms. The van der Waals surface area contributed by atoms with Gasteiger partial charge < -0.3 is 0 Å². The Hall–Kier alpha value is 0.439. The van der Waals surface area contributed by atoms with E-state index in [1.807, 2.05) is 17.9 Å². The average molecular weight is 864 g/mol. The molecule has 0 aliphatic carbocycles. The molecule has 0 aromatic heterocycles. The summed E-state index contributed by atoms with van der Waals surface area (Å²) in [4.78, 5) is 26.0. The number of carbonyl (C=O) groups excluding carboxylic acids is 2. The van der Waals surface area contributed by atoms with Crippen molar-refractivity contribution in [1.29, 1.82) is 0 Å². The Labute approximate surface area is 329 Å². The molecule has 4 nitrogen and oxygen atoms in total. The fraction of sp³-hybridized carbons (Fsp3) is 0.955. The summed E-state index contributed by atoms with van der Waals surface area (Å²) in [5.41, 5.74) is 0. The van der Waals surface area contributed by atoms with Crippen molar-refractivity contribution in [1.82, 2.24) is 0 Å². The topological polar surface area (TPSA) is 52.6 Å². The van der Waals surface area contributed by atoms with Gasteiger partial charge in [-0.1, -0.05) is 52.4 Å². The minimum Gasteiger partial charge on any atom is -0.0654 e. The van der Waals surface area contributed by atoms with Crippen LogP contribution >= 0.6 is 17.9 Å². The van der Waals surface area contributed by atoms with E-state index in [-0.39, 0.29) is 11.9 Å². The van der Waals surface area contributed by atoms with Gasteiger partial charge in [0.15, 0.2) is 0 Å². The zero-order valence-corrected chi connectivity index (χ0v) is 39.3. The Morgan fingerprint density at radius 1 is 0.353 bits per heavy atom. The Balaban J connectivity index is 4.87. The molecule has 0 unspecified atom stereocenters. The Morgan fingerprint density at radius 2 is 0.588 bits per heavy atom. The van der Waals surface area contributed by atoms with Crippen molar-refractivity contribution < 1.29 is 19.1 Å². The number of hydrogen-bond donors (Lipinski definition) is 0. The molecule has 0 heterocycles. The maximum absolute atomic E-state index is 13.0. The van der Waals surface area contributed by atoms with Crippen molar-refractivity contribution in [2.75, 3.05) is 24.7 Å². The Bertz CT molecular complexity index is 678. The van der Waals surface area contributed by atoms with Crippen LogP contribution in [0, 0.1) is 0 Å². The summed E-state index contributed by atoms with van der Waals surface area (Å²) in [5.74, 6) is 0.874. The van der Waals surface area contributed by atoms with Crippen LogP contribution in [0.2, 0.25) is 8.87 Å². The van der Waals surface area contributed by atoms with E-state index in [0.717, 1.165) is 25.7 Å². The monoisotopic (exact) mass is 865 g/mol. The normalized spacial score (nSPS) is 11.7. The van der Waals surface area contributed by atoms with E-state index in [4.69, 9.17) is 9.47 Å².